The van der Waals surface area contributed by atoms with E-state index in [1.54, 1.807) is 32.4 Å². The van der Waals surface area contributed by atoms with Crippen LogP contribution in [0.25, 0.3) is 11.5 Å². The van der Waals surface area contributed by atoms with Crippen molar-refractivity contribution in [2.45, 2.75) is 5.22 Å². The Kier molecular flexibility index (Phi) is 6.25. The second-order valence-corrected chi connectivity index (χ2v) is 6.58. The molecule has 6 nitrogen and oxygen atoms in total. The molecule has 0 aliphatic rings. The molecular weight excluding hydrogens is 376 g/mol. The lowest BCUT2D eigenvalue weighted by atomic mass is 10.2. The molecule has 136 valence electrons. The summed E-state index contributed by atoms with van der Waals surface area (Å²) in [5.41, 5.74) is 0.711. The molecule has 3 aromatic rings. The smallest absolute Gasteiger partial charge is 0.276 e. The molecule has 3 rings (SSSR count). The molecule has 0 atom stereocenters. The summed E-state index contributed by atoms with van der Waals surface area (Å²) in [6, 6.07) is 12.7. The number of hydrogen-bond donors (Lipinski definition) is 0. The summed E-state index contributed by atoms with van der Waals surface area (Å²) in [7, 11) is 3.18. The van der Waals surface area contributed by atoms with E-state index in [4.69, 9.17) is 30.2 Å². The number of thioether (sulfide) groups is 1. The highest BCUT2D eigenvalue weighted by atomic mass is 35.5. The van der Waals surface area contributed by atoms with E-state index in [0.717, 1.165) is 5.75 Å². The molecule has 0 aliphatic heterocycles. The van der Waals surface area contributed by atoms with Crippen LogP contribution in [-0.4, -0.2) is 36.8 Å². The minimum Gasteiger partial charge on any atom is -0.497 e. The number of nitrogens with zero attached hydrogens (tertiary/aromatic N) is 2. The number of ether oxygens (including phenoxy) is 3. The van der Waals surface area contributed by atoms with E-state index < -0.39 is 0 Å². The lowest BCUT2D eigenvalue weighted by molar-refractivity contribution is 0.343. The van der Waals surface area contributed by atoms with Crippen LogP contribution in [0.3, 0.4) is 0 Å². The van der Waals surface area contributed by atoms with Crippen molar-refractivity contribution in [3.05, 3.63) is 47.5 Å². The zero-order valence-electron chi connectivity index (χ0n) is 14.3. The van der Waals surface area contributed by atoms with Crippen molar-refractivity contribution in [2.75, 3.05) is 26.6 Å². The van der Waals surface area contributed by atoms with Crippen LogP contribution in [0.2, 0.25) is 5.02 Å². The van der Waals surface area contributed by atoms with Gasteiger partial charge in [0.25, 0.3) is 11.1 Å². The maximum atomic E-state index is 5.92. The first kappa shape index (κ1) is 18.4. The highest BCUT2D eigenvalue weighted by Gasteiger charge is 2.14. The number of aromatic nitrogens is 2. The second kappa shape index (κ2) is 8.82. The summed E-state index contributed by atoms with van der Waals surface area (Å²) < 4.78 is 21.9. The molecule has 0 saturated carbocycles. The summed E-state index contributed by atoms with van der Waals surface area (Å²) in [6.07, 6.45) is 0. The molecule has 0 unspecified atom stereocenters. The Morgan fingerprint density at radius 1 is 1.04 bits per heavy atom. The van der Waals surface area contributed by atoms with Crippen molar-refractivity contribution in [3.8, 4) is 28.7 Å². The van der Waals surface area contributed by atoms with Crippen molar-refractivity contribution in [1.82, 2.24) is 10.2 Å². The molecule has 0 saturated heterocycles. The van der Waals surface area contributed by atoms with Crippen LogP contribution in [0.15, 0.2) is 52.1 Å². The molecule has 0 amide bonds. The van der Waals surface area contributed by atoms with E-state index in [-0.39, 0.29) is 0 Å². The maximum Gasteiger partial charge on any atom is 0.276 e. The van der Waals surface area contributed by atoms with Gasteiger partial charge < -0.3 is 18.6 Å². The van der Waals surface area contributed by atoms with Gasteiger partial charge in [-0.15, -0.1) is 10.2 Å². The van der Waals surface area contributed by atoms with Crippen molar-refractivity contribution in [2.24, 2.45) is 0 Å². The molecule has 0 N–H and O–H groups in total. The fraction of sp³-hybridized carbons (Fsp3) is 0.222. The molecule has 1 heterocycles. The van der Waals surface area contributed by atoms with Crippen molar-refractivity contribution in [3.63, 3.8) is 0 Å². The van der Waals surface area contributed by atoms with Gasteiger partial charge in [0.2, 0.25) is 0 Å². The summed E-state index contributed by atoms with van der Waals surface area (Å²) in [5.74, 6) is 3.08. The molecular formula is C18H17ClN2O4S. The van der Waals surface area contributed by atoms with Gasteiger partial charge >= 0.3 is 0 Å². The normalized spacial score (nSPS) is 10.6. The number of benzene rings is 2. The van der Waals surface area contributed by atoms with Crippen molar-refractivity contribution >= 4 is 23.4 Å². The van der Waals surface area contributed by atoms with Crippen LogP contribution in [0.4, 0.5) is 0 Å². The molecule has 0 fully saturated rings. The lowest BCUT2D eigenvalue weighted by Crippen LogP contribution is -1.99. The number of rotatable bonds is 8. The van der Waals surface area contributed by atoms with Gasteiger partial charge in [-0.25, -0.2) is 0 Å². The van der Waals surface area contributed by atoms with E-state index in [2.05, 4.69) is 10.2 Å². The summed E-state index contributed by atoms with van der Waals surface area (Å²) in [5, 5.41) is 9.24. The largest absolute Gasteiger partial charge is 0.497 e. The summed E-state index contributed by atoms with van der Waals surface area (Å²) in [6.45, 7) is 0.495. The summed E-state index contributed by atoms with van der Waals surface area (Å²) in [4.78, 5) is 0. The Labute approximate surface area is 160 Å². The minimum atomic E-state index is 0.391. The first-order chi connectivity index (χ1) is 12.7. The van der Waals surface area contributed by atoms with E-state index in [0.29, 0.717) is 45.6 Å². The quantitative estimate of drug-likeness (QED) is 0.410. The first-order valence-corrected chi connectivity index (χ1v) is 9.13. The van der Waals surface area contributed by atoms with Gasteiger partial charge in [-0.3, -0.25) is 0 Å². The van der Waals surface area contributed by atoms with E-state index >= 15 is 0 Å². The zero-order chi connectivity index (χ0) is 18.4. The van der Waals surface area contributed by atoms with Gasteiger partial charge in [0.1, 0.15) is 17.2 Å². The predicted octanol–water partition coefficient (Wildman–Crippen LogP) is 4.58. The molecule has 0 bridgehead atoms. The molecule has 0 aliphatic carbocycles. The summed E-state index contributed by atoms with van der Waals surface area (Å²) >= 11 is 7.34. The Morgan fingerprint density at radius 3 is 2.69 bits per heavy atom. The van der Waals surface area contributed by atoms with Crippen LogP contribution in [0, 0.1) is 0 Å². The van der Waals surface area contributed by atoms with Crippen molar-refractivity contribution < 1.29 is 18.6 Å². The molecule has 2 aromatic carbocycles. The number of hydrogen-bond acceptors (Lipinski definition) is 7. The van der Waals surface area contributed by atoms with Gasteiger partial charge in [-0.1, -0.05) is 29.4 Å². The molecule has 8 heteroatoms. The van der Waals surface area contributed by atoms with Crippen LogP contribution in [0.1, 0.15) is 0 Å². The Bertz CT molecular complexity index is 872. The first-order valence-electron chi connectivity index (χ1n) is 7.76. The van der Waals surface area contributed by atoms with Gasteiger partial charge in [0.05, 0.1) is 26.4 Å². The maximum absolute atomic E-state index is 5.92. The van der Waals surface area contributed by atoms with Gasteiger partial charge in [0.15, 0.2) is 0 Å². The number of methoxy groups -OCH3 is 2. The van der Waals surface area contributed by atoms with Gasteiger partial charge in [-0.05, 0) is 30.3 Å². The van der Waals surface area contributed by atoms with E-state index in [9.17, 15) is 0 Å². The van der Waals surface area contributed by atoms with Crippen LogP contribution >= 0.6 is 23.4 Å². The van der Waals surface area contributed by atoms with Crippen LogP contribution in [-0.2, 0) is 0 Å². The van der Waals surface area contributed by atoms with E-state index in [1.807, 2.05) is 24.3 Å². The topological polar surface area (TPSA) is 66.6 Å². The van der Waals surface area contributed by atoms with Crippen LogP contribution in [0.5, 0.6) is 17.2 Å². The average Bonchev–Trinajstić information content (AvgIpc) is 3.13. The van der Waals surface area contributed by atoms with Crippen molar-refractivity contribution in [1.29, 1.82) is 0 Å². The predicted molar refractivity (Wildman–Crippen MR) is 101 cm³/mol. The fourth-order valence-electron chi connectivity index (χ4n) is 2.20. The minimum absolute atomic E-state index is 0.391. The van der Waals surface area contributed by atoms with Gasteiger partial charge in [0, 0.05) is 16.8 Å². The SMILES string of the molecule is COc1ccc(-c2nnc(SCCOc3cccc(Cl)c3)o2)c(OC)c1. The highest BCUT2D eigenvalue weighted by Crippen LogP contribution is 2.33. The Hall–Kier alpha value is -2.38. The Morgan fingerprint density at radius 2 is 1.92 bits per heavy atom. The standard InChI is InChI=1S/C18H17ClN2O4S/c1-22-13-6-7-15(16(11-13)23-2)17-20-21-18(25-17)26-9-8-24-14-5-3-4-12(19)10-14/h3-7,10-11H,8-9H2,1-2H3. The average molecular weight is 393 g/mol. The second-order valence-electron chi connectivity index (χ2n) is 5.09. The monoisotopic (exact) mass is 392 g/mol. The zero-order valence-corrected chi connectivity index (χ0v) is 15.8. The van der Waals surface area contributed by atoms with Crippen LogP contribution < -0.4 is 14.2 Å². The third-order valence-corrected chi connectivity index (χ3v) is 4.44. The van der Waals surface area contributed by atoms with E-state index in [1.165, 1.54) is 11.8 Å². The highest BCUT2D eigenvalue weighted by molar-refractivity contribution is 7.99. The van der Waals surface area contributed by atoms with Gasteiger partial charge in [-0.2, -0.15) is 0 Å². The fourth-order valence-corrected chi connectivity index (χ4v) is 2.96. The third-order valence-electron chi connectivity index (χ3n) is 3.42. The third kappa shape index (κ3) is 4.62. The number of halogens is 1. The molecule has 0 radical (unpaired) electrons. The molecule has 0 spiro atoms. The molecule has 1 aromatic heterocycles. The Balaban J connectivity index is 1.58. The lowest BCUT2D eigenvalue weighted by Gasteiger charge is -2.07. The molecule has 26 heavy (non-hydrogen) atoms.